The molecule has 1 rings (SSSR count). The minimum atomic E-state index is -3.02. The van der Waals surface area contributed by atoms with Gasteiger partial charge in [-0.3, -0.25) is 4.79 Å². The first-order valence-electron chi connectivity index (χ1n) is 6.15. The highest BCUT2D eigenvalue weighted by Crippen LogP contribution is 2.30. The van der Waals surface area contributed by atoms with E-state index in [4.69, 9.17) is 4.74 Å². The second-order valence-corrected chi connectivity index (χ2v) is 7.18. The molecule has 3 unspecified atom stereocenters. The van der Waals surface area contributed by atoms with Crippen molar-refractivity contribution in [3.05, 3.63) is 0 Å². The van der Waals surface area contributed by atoms with Crippen molar-refractivity contribution in [1.82, 2.24) is 0 Å². The highest BCUT2D eigenvalue weighted by atomic mass is 32.2. The summed E-state index contributed by atoms with van der Waals surface area (Å²) in [4.78, 5) is 12.1. The number of Topliss-reactive ketones (excluding diaryl/α,β-unsaturated/α-hetero) is 1. The minimum Gasteiger partial charge on any atom is -0.374 e. The van der Waals surface area contributed by atoms with Crippen molar-refractivity contribution in [2.75, 3.05) is 13.4 Å². The molecule has 0 aromatic heterocycles. The summed E-state index contributed by atoms with van der Waals surface area (Å²) in [6, 6.07) is 0. The number of hydrogen-bond acceptors (Lipinski definition) is 4. The van der Waals surface area contributed by atoms with Crippen LogP contribution in [0.25, 0.3) is 0 Å². The first-order chi connectivity index (χ1) is 7.90. The molecule has 4 nitrogen and oxygen atoms in total. The van der Waals surface area contributed by atoms with E-state index < -0.39 is 9.84 Å². The van der Waals surface area contributed by atoms with E-state index in [0.717, 1.165) is 12.8 Å². The second-order valence-electron chi connectivity index (χ2n) is 4.85. The van der Waals surface area contributed by atoms with Crippen molar-refractivity contribution in [1.29, 1.82) is 0 Å². The Labute approximate surface area is 104 Å². The quantitative estimate of drug-likeness (QED) is 0.755. The lowest BCUT2D eigenvalue weighted by molar-refractivity contribution is -0.134. The molecule has 17 heavy (non-hydrogen) atoms. The van der Waals surface area contributed by atoms with Crippen molar-refractivity contribution in [2.45, 2.75) is 50.4 Å². The van der Waals surface area contributed by atoms with Crippen LogP contribution < -0.4 is 0 Å². The van der Waals surface area contributed by atoms with Crippen LogP contribution >= 0.6 is 0 Å². The Kier molecular flexibility index (Phi) is 5.13. The van der Waals surface area contributed by atoms with Crippen LogP contribution in [0.2, 0.25) is 0 Å². The molecule has 0 heterocycles. The van der Waals surface area contributed by atoms with Gasteiger partial charge in [-0.05, 0) is 25.7 Å². The van der Waals surface area contributed by atoms with Crippen molar-refractivity contribution >= 4 is 15.6 Å². The minimum absolute atomic E-state index is 0.0725. The summed E-state index contributed by atoms with van der Waals surface area (Å²) in [6.07, 6.45) is 4.30. The van der Waals surface area contributed by atoms with Crippen LogP contribution in [0.4, 0.5) is 0 Å². The van der Waals surface area contributed by atoms with Gasteiger partial charge in [0.05, 0.1) is 5.25 Å². The van der Waals surface area contributed by atoms with Crippen LogP contribution in [-0.2, 0) is 19.4 Å². The van der Waals surface area contributed by atoms with Gasteiger partial charge in [-0.25, -0.2) is 8.42 Å². The smallest absolute Gasteiger partial charge is 0.164 e. The highest BCUT2D eigenvalue weighted by molar-refractivity contribution is 7.91. The van der Waals surface area contributed by atoms with E-state index in [1.165, 1.54) is 13.4 Å². The maximum atomic E-state index is 12.1. The van der Waals surface area contributed by atoms with Gasteiger partial charge in [0.2, 0.25) is 0 Å². The number of hydrogen-bond donors (Lipinski definition) is 0. The molecular formula is C12H22O4S. The van der Waals surface area contributed by atoms with Gasteiger partial charge in [0, 0.05) is 19.3 Å². The third kappa shape index (κ3) is 3.78. The molecule has 0 aliphatic heterocycles. The zero-order valence-electron chi connectivity index (χ0n) is 10.8. The van der Waals surface area contributed by atoms with Crippen molar-refractivity contribution in [3.8, 4) is 0 Å². The standard InChI is InChI=1S/C12H22O4S/c1-4-11(16-2)12(13)9-6-5-7-10(8-9)17(3,14)15/h9-11H,4-8H2,1-3H3. The lowest BCUT2D eigenvalue weighted by Crippen LogP contribution is -2.36. The van der Waals surface area contributed by atoms with E-state index in [0.29, 0.717) is 19.3 Å². The predicted molar refractivity (Wildman–Crippen MR) is 66.7 cm³/mol. The van der Waals surface area contributed by atoms with Gasteiger partial charge in [-0.2, -0.15) is 0 Å². The molecule has 0 aromatic rings. The zero-order chi connectivity index (χ0) is 13.1. The molecular weight excluding hydrogens is 240 g/mol. The van der Waals surface area contributed by atoms with Crippen LogP contribution in [0.3, 0.4) is 0 Å². The van der Waals surface area contributed by atoms with Crippen LogP contribution in [0.5, 0.6) is 0 Å². The summed E-state index contributed by atoms with van der Waals surface area (Å²) in [5.41, 5.74) is 0. The molecule has 0 bridgehead atoms. The monoisotopic (exact) mass is 262 g/mol. The molecule has 0 N–H and O–H groups in total. The fourth-order valence-corrected chi connectivity index (χ4v) is 3.72. The summed E-state index contributed by atoms with van der Waals surface area (Å²) < 4.78 is 28.2. The second kappa shape index (κ2) is 5.96. The molecule has 100 valence electrons. The maximum Gasteiger partial charge on any atom is 0.164 e. The largest absolute Gasteiger partial charge is 0.374 e. The molecule has 0 amide bonds. The van der Waals surface area contributed by atoms with E-state index in [-0.39, 0.29) is 23.1 Å². The van der Waals surface area contributed by atoms with Crippen molar-refractivity contribution in [3.63, 3.8) is 0 Å². The molecule has 5 heteroatoms. The van der Waals surface area contributed by atoms with Gasteiger partial charge in [0.15, 0.2) is 5.78 Å². The van der Waals surface area contributed by atoms with E-state index >= 15 is 0 Å². The van der Waals surface area contributed by atoms with Crippen LogP contribution in [0, 0.1) is 5.92 Å². The molecule has 1 fully saturated rings. The number of rotatable bonds is 5. The van der Waals surface area contributed by atoms with Crippen molar-refractivity contribution < 1.29 is 17.9 Å². The Morgan fingerprint density at radius 2 is 2.06 bits per heavy atom. The average molecular weight is 262 g/mol. The molecule has 0 spiro atoms. The summed E-state index contributed by atoms with van der Waals surface area (Å²) in [5.74, 6) is -0.0725. The zero-order valence-corrected chi connectivity index (χ0v) is 11.6. The highest BCUT2D eigenvalue weighted by Gasteiger charge is 2.34. The average Bonchev–Trinajstić information content (AvgIpc) is 2.29. The molecule has 1 aliphatic carbocycles. The number of sulfone groups is 1. The molecule has 0 radical (unpaired) electrons. The normalized spacial score (nSPS) is 27.7. The third-order valence-electron chi connectivity index (χ3n) is 3.61. The van der Waals surface area contributed by atoms with E-state index in [1.54, 1.807) is 0 Å². The fourth-order valence-electron chi connectivity index (χ4n) is 2.54. The van der Waals surface area contributed by atoms with Crippen LogP contribution in [0.15, 0.2) is 0 Å². The summed E-state index contributed by atoms with van der Waals surface area (Å²) in [5, 5.41) is -0.348. The van der Waals surface area contributed by atoms with E-state index in [9.17, 15) is 13.2 Å². The van der Waals surface area contributed by atoms with Gasteiger partial charge in [0.25, 0.3) is 0 Å². The third-order valence-corrected chi connectivity index (χ3v) is 5.25. The molecule has 0 saturated heterocycles. The first-order valence-corrected chi connectivity index (χ1v) is 8.11. The van der Waals surface area contributed by atoms with Gasteiger partial charge >= 0.3 is 0 Å². The Morgan fingerprint density at radius 3 is 2.53 bits per heavy atom. The first kappa shape index (κ1) is 14.6. The number of methoxy groups -OCH3 is 1. The number of ether oxygens (including phenoxy) is 1. The lowest BCUT2D eigenvalue weighted by Gasteiger charge is -2.28. The van der Waals surface area contributed by atoms with Gasteiger partial charge < -0.3 is 4.74 Å². The lowest BCUT2D eigenvalue weighted by atomic mass is 9.83. The van der Waals surface area contributed by atoms with Gasteiger partial charge in [-0.1, -0.05) is 13.3 Å². The molecule has 3 atom stereocenters. The Bertz CT molecular complexity index is 357. The molecule has 1 aliphatic rings. The van der Waals surface area contributed by atoms with E-state index in [1.807, 2.05) is 6.92 Å². The topological polar surface area (TPSA) is 60.4 Å². The number of ketones is 1. The fraction of sp³-hybridized carbons (Fsp3) is 0.917. The van der Waals surface area contributed by atoms with Crippen LogP contribution in [0.1, 0.15) is 39.0 Å². The predicted octanol–water partition coefficient (Wildman–Crippen LogP) is 1.58. The Morgan fingerprint density at radius 1 is 1.41 bits per heavy atom. The number of carbonyl (C=O) groups excluding carboxylic acids is 1. The van der Waals surface area contributed by atoms with Crippen molar-refractivity contribution in [2.24, 2.45) is 5.92 Å². The maximum absolute atomic E-state index is 12.1. The Hall–Kier alpha value is -0.420. The summed E-state index contributed by atoms with van der Waals surface area (Å²) in [7, 11) is -1.49. The summed E-state index contributed by atoms with van der Waals surface area (Å²) >= 11 is 0. The Balaban J connectivity index is 2.70. The molecule has 0 aromatic carbocycles. The molecule has 1 saturated carbocycles. The number of carbonyl (C=O) groups is 1. The SMILES string of the molecule is CCC(OC)C(=O)C1CCCC(S(C)(=O)=O)C1. The van der Waals surface area contributed by atoms with Crippen LogP contribution in [-0.4, -0.2) is 38.9 Å². The van der Waals surface area contributed by atoms with Gasteiger partial charge in [-0.15, -0.1) is 0 Å². The van der Waals surface area contributed by atoms with E-state index in [2.05, 4.69) is 0 Å². The summed E-state index contributed by atoms with van der Waals surface area (Å²) in [6.45, 7) is 1.91. The van der Waals surface area contributed by atoms with Gasteiger partial charge in [0.1, 0.15) is 15.9 Å².